The number of rotatable bonds is 6. The number of nitrogens with one attached hydrogen (secondary N) is 2. The zero-order valence-electron chi connectivity index (χ0n) is 14.0. The quantitative estimate of drug-likeness (QED) is 0.717. The van der Waals surface area contributed by atoms with Gasteiger partial charge in [0.15, 0.2) is 5.69 Å². The van der Waals surface area contributed by atoms with Crippen LogP contribution in [-0.4, -0.2) is 59.0 Å². The Morgan fingerprint density at radius 3 is 3.00 bits per heavy atom. The third-order valence-electron chi connectivity index (χ3n) is 4.09. The minimum Gasteiger partial charge on any atom is -0.491 e. The Labute approximate surface area is 150 Å². The smallest absolute Gasteiger partial charge is 0.272 e. The van der Waals surface area contributed by atoms with Crippen LogP contribution in [0, 0.1) is 0 Å². The van der Waals surface area contributed by atoms with E-state index in [4.69, 9.17) is 16.3 Å². The molecule has 0 saturated carbocycles. The molecule has 2 aromatic rings. The van der Waals surface area contributed by atoms with Crippen molar-refractivity contribution in [2.45, 2.75) is 19.1 Å². The van der Waals surface area contributed by atoms with E-state index in [1.165, 1.54) is 0 Å². The highest BCUT2D eigenvalue weighted by molar-refractivity contribution is 6.30. The van der Waals surface area contributed by atoms with E-state index in [-0.39, 0.29) is 19.1 Å². The van der Waals surface area contributed by atoms with Crippen molar-refractivity contribution in [3.63, 3.8) is 0 Å². The summed E-state index contributed by atoms with van der Waals surface area (Å²) < 4.78 is 5.46. The molecule has 1 amide bonds. The van der Waals surface area contributed by atoms with Crippen molar-refractivity contribution in [1.82, 2.24) is 20.4 Å². The summed E-state index contributed by atoms with van der Waals surface area (Å²) >= 11 is 5.80. The molecule has 0 bridgehead atoms. The van der Waals surface area contributed by atoms with Gasteiger partial charge >= 0.3 is 0 Å². The van der Waals surface area contributed by atoms with Crippen molar-refractivity contribution in [2.75, 3.05) is 26.7 Å². The van der Waals surface area contributed by atoms with E-state index in [1.807, 2.05) is 7.05 Å². The van der Waals surface area contributed by atoms with Crippen molar-refractivity contribution in [3.8, 4) is 5.75 Å². The second-order valence-electron chi connectivity index (χ2n) is 6.15. The van der Waals surface area contributed by atoms with Gasteiger partial charge in [-0.3, -0.25) is 9.89 Å². The highest BCUT2D eigenvalue weighted by atomic mass is 35.5. The molecule has 1 aliphatic rings. The molecule has 0 aliphatic carbocycles. The Hall–Kier alpha value is -2.09. The third-order valence-corrected chi connectivity index (χ3v) is 4.35. The lowest BCUT2D eigenvalue weighted by atomic mass is 10.1. The van der Waals surface area contributed by atoms with Crippen molar-refractivity contribution in [3.05, 3.63) is 46.2 Å². The van der Waals surface area contributed by atoms with Crippen LogP contribution < -0.4 is 10.1 Å². The largest absolute Gasteiger partial charge is 0.491 e. The number of aromatic amines is 1. The average Bonchev–Trinajstić information content (AvgIpc) is 3.02. The number of benzene rings is 1. The Morgan fingerprint density at radius 2 is 2.24 bits per heavy atom. The fourth-order valence-corrected chi connectivity index (χ4v) is 2.82. The van der Waals surface area contributed by atoms with Gasteiger partial charge in [0.05, 0.1) is 0 Å². The highest BCUT2D eigenvalue weighted by Gasteiger charge is 2.24. The maximum atomic E-state index is 12.3. The highest BCUT2D eigenvalue weighted by Crippen LogP contribution is 2.19. The lowest BCUT2D eigenvalue weighted by Crippen LogP contribution is -2.36. The molecule has 8 heteroatoms. The van der Waals surface area contributed by atoms with Gasteiger partial charge in [0.1, 0.15) is 18.5 Å². The van der Waals surface area contributed by atoms with E-state index in [2.05, 4.69) is 20.4 Å². The first-order valence-electron chi connectivity index (χ1n) is 8.12. The first kappa shape index (κ1) is 17.7. The van der Waals surface area contributed by atoms with Gasteiger partial charge in [-0.25, -0.2) is 0 Å². The molecular formula is C17H21ClN4O3. The van der Waals surface area contributed by atoms with Crippen LogP contribution in [0.1, 0.15) is 21.7 Å². The molecule has 0 unspecified atom stereocenters. The van der Waals surface area contributed by atoms with Crippen LogP contribution in [0.25, 0.3) is 0 Å². The molecule has 0 saturated heterocycles. The molecule has 2 heterocycles. The maximum absolute atomic E-state index is 12.3. The van der Waals surface area contributed by atoms with Gasteiger partial charge in [0.25, 0.3) is 5.91 Å². The van der Waals surface area contributed by atoms with E-state index >= 15 is 0 Å². The van der Waals surface area contributed by atoms with Crippen molar-refractivity contribution < 1.29 is 14.6 Å². The van der Waals surface area contributed by atoms with Crippen molar-refractivity contribution in [2.24, 2.45) is 0 Å². The lowest BCUT2D eigenvalue weighted by Gasteiger charge is -2.22. The van der Waals surface area contributed by atoms with Gasteiger partial charge in [-0.2, -0.15) is 5.10 Å². The van der Waals surface area contributed by atoms with E-state index < -0.39 is 6.10 Å². The van der Waals surface area contributed by atoms with Crippen LogP contribution in [0.4, 0.5) is 0 Å². The van der Waals surface area contributed by atoms with E-state index in [9.17, 15) is 9.90 Å². The zero-order valence-corrected chi connectivity index (χ0v) is 14.7. The van der Waals surface area contributed by atoms with Gasteiger partial charge in [-0.15, -0.1) is 0 Å². The number of ether oxygens (including phenoxy) is 1. The maximum Gasteiger partial charge on any atom is 0.272 e. The summed E-state index contributed by atoms with van der Waals surface area (Å²) in [6.45, 7) is 1.79. The Balaban J connectivity index is 1.49. The number of H-pyrrole nitrogens is 1. The summed E-state index contributed by atoms with van der Waals surface area (Å²) in [4.78, 5) is 14.5. The number of hydrogen-bond acceptors (Lipinski definition) is 5. The minimum atomic E-state index is -0.822. The lowest BCUT2D eigenvalue weighted by molar-refractivity contribution is 0.0838. The predicted molar refractivity (Wildman–Crippen MR) is 93.9 cm³/mol. The molecule has 25 heavy (non-hydrogen) atoms. The third kappa shape index (κ3) is 4.50. The number of aliphatic hydroxyl groups is 1. The molecule has 3 rings (SSSR count). The molecule has 1 atom stereocenters. The molecule has 134 valence electrons. The Bertz CT molecular complexity index is 732. The fraction of sp³-hybridized carbons (Fsp3) is 0.412. The summed E-state index contributed by atoms with van der Waals surface area (Å²) in [6.07, 6.45) is 0.0287. The Morgan fingerprint density at radius 1 is 1.48 bits per heavy atom. The molecule has 0 spiro atoms. The molecular weight excluding hydrogens is 344 g/mol. The molecule has 0 fully saturated rings. The number of likely N-dealkylation sites (N-methyl/N-ethyl adjacent to an activating group) is 1. The summed E-state index contributed by atoms with van der Waals surface area (Å²) in [7, 11) is 2.01. The number of aromatic nitrogens is 2. The summed E-state index contributed by atoms with van der Waals surface area (Å²) in [5.41, 5.74) is 2.33. The average molecular weight is 365 g/mol. The van der Waals surface area contributed by atoms with Crippen LogP contribution in [-0.2, 0) is 13.0 Å². The number of carbonyl (C=O) groups excluding carboxylic acids is 1. The van der Waals surface area contributed by atoms with Crippen LogP contribution in [0.3, 0.4) is 0 Å². The first-order valence-corrected chi connectivity index (χ1v) is 8.50. The molecule has 1 aliphatic heterocycles. The number of aliphatic hydroxyl groups excluding tert-OH is 1. The number of carbonyl (C=O) groups is 1. The van der Waals surface area contributed by atoms with Gasteiger partial charge in [0, 0.05) is 42.3 Å². The van der Waals surface area contributed by atoms with Crippen LogP contribution in [0.5, 0.6) is 5.75 Å². The standard InChI is InChI=1S/C17H21ClN4O3/c1-22-7-6-15-14(9-22)16(21-20-15)17(24)19-8-12(23)10-25-13-4-2-11(18)3-5-13/h2-5,12,23H,6-10H2,1H3,(H,19,24)(H,20,21)/t12-/m0/s1. The van der Waals surface area contributed by atoms with Crippen LogP contribution in [0.2, 0.25) is 5.02 Å². The second-order valence-corrected chi connectivity index (χ2v) is 6.58. The fourth-order valence-electron chi connectivity index (χ4n) is 2.69. The normalized spacial score (nSPS) is 15.5. The van der Waals surface area contributed by atoms with Gasteiger partial charge < -0.3 is 20.1 Å². The zero-order chi connectivity index (χ0) is 17.8. The number of fused-ring (bicyclic) bond motifs is 1. The number of hydrogen-bond donors (Lipinski definition) is 3. The summed E-state index contributed by atoms with van der Waals surface area (Å²) in [6, 6.07) is 6.87. The second kappa shape index (κ2) is 7.86. The number of halogens is 1. The molecule has 7 nitrogen and oxygen atoms in total. The van der Waals surface area contributed by atoms with Crippen molar-refractivity contribution >= 4 is 17.5 Å². The first-order chi connectivity index (χ1) is 12.0. The van der Waals surface area contributed by atoms with E-state index in [0.717, 1.165) is 24.2 Å². The molecule has 0 radical (unpaired) electrons. The van der Waals surface area contributed by atoms with Gasteiger partial charge in [-0.05, 0) is 31.3 Å². The predicted octanol–water partition coefficient (Wildman–Crippen LogP) is 1.22. The molecule has 3 N–H and O–H groups in total. The molecule has 1 aromatic heterocycles. The van der Waals surface area contributed by atoms with E-state index in [0.29, 0.717) is 23.0 Å². The number of amides is 1. The van der Waals surface area contributed by atoms with Crippen LogP contribution in [0.15, 0.2) is 24.3 Å². The van der Waals surface area contributed by atoms with E-state index in [1.54, 1.807) is 24.3 Å². The van der Waals surface area contributed by atoms with Crippen LogP contribution >= 0.6 is 11.6 Å². The number of nitrogens with zero attached hydrogens (tertiary/aromatic N) is 2. The van der Waals surface area contributed by atoms with Gasteiger partial charge in [0.2, 0.25) is 0 Å². The summed E-state index contributed by atoms with van der Waals surface area (Å²) in [5.74, 6) is 0.317. The summed E-state index contributed by atoms with van der Waals surface area (Å²) in [5, 5.41) is 20.4. The van der Waals surface area contributed by atoms with Gasteiger partial charge in [-0.1, -0.05) is 11.6 Å². The molecule has 1 aromatic carbocycles. The Kier molecular flexibility index (Phi) is 5.57. The van der Waals surface area contributed by atoms with Crippen molar-refractivity contribution in [1.29, 1.82) is 0 Å². The minimum absolute atomic E-state index is 0.0727. The topological polar surface area (TPSA) is 90.5 Å². The monoisotopic (exact) mass is 364 g/mol. The SMILES string of the molecule is CN1CCc2[nH]nc(C(=O)NC[C@H](O)COc3ccc(Cl)cc3)c2C1.